The average molecular weight is 490 g/mol. The molecule has 0 fully saturated rings. The second kappa shape index (κ2) is 9.84. The summed E-state index contributed by atoms with van der Waals surface area (Å²) in [6.45, 7) is 2.17. The molecule has 10 heteroatoms. The van der Waals surface area contributed by atoms with E-state index >= 15 is 0 Å². The largest absolute Gasteiger partial charge is 0.480 e. The van der Waals surface area contributed by atoms with Crippen molar-refractivity contribution >= 4 is 28.3 Å². The third kappa shape index (κ3) is 5.39. The topological polar surface area (TPSA) is 77.2 Å². The fraction of sp³-hybridized carbons (Fsp3) is 0.292. The lowest BCUT2D eigenvalue weighted by molar-refractivity contribution is -0.139. The van der Waals surface area contributed by atoms with Gasteiger partial charge in [0.15, 0.2) is 6.61 Å². The first-order valence-electron chi connectivity index (χ1n) is 10.7. The van der Waals surface area contributed by atoms with E-state index in [4.69, 9.17) is 14.8 Å². The Hall–Kier alpha value is -3.40. The number of pyridine rings is 1. The Kier molecular flexibility index (Phi) is 6.87. The van der Waals surface area contributed by atoms with Crippen molar-refractivity contribution in [1.29, 1.82) is 0 Å². The minimum absolute atomic E-state index is 0.374. The molecule has 0 radical (unpaired) electrons. The Morgan fingerprint density at radius 2 is 1.97 bits per heavy atom. The highest BCUT2D eigenvalue weighted by Crippen LogP contribution is 2.34. The molecule has 3 heterocycles. The van der Waals surface area contributed by atoms with Crippen molar-refractivity contribution in [3.8, 4) is 16.3 Å². The van der Waals surface area contributed by atoms with E-state index in [1.807, 2.05) is 16.8 Å². The molecule has 0 amide bonds. The predicted molar refractivity (Wildman–Crippen MR) is 123 cm³/mol. The molecule has 0 aliphatic carbocycles. The predicted octanol–water partition coefficient (Wildman–Crippen LogP) is 6.03. The number of hydrogen-bond donors (Lipinski definition) is 1. The van der Waals surface area contributed by atoms with Crippen LogP contribution in [0.5, 0.6) is 5.75 Å². The van der Waals surface area contributed by atoms with Crippen molar-refractivity contribution in [1.82, 2.24) is 14.5 Å². The number of ether oxygens (including phenoxy) is 1. The average Bonchev–Trinajstić information content (AvgIpc) is 3.40. The summed E-state index contributed by atoms with van der Waals surface area (Å²) in [6, 6.07) is 8.69. The molecule has 34 heavy (non-hydrogen) atoms. The number of aromatic nitrogens is 3. The van der Waals surface area contributed by atoms with Crippen molar-refractivity contribution in [2.45, 2.75) is 38.9 Å². The molecule has 0 aliphatic heterocycles. The second-order valence-corrected chi connectivity index (χ2v) is 8.86. The summed E-state index contributed by atoms with van der Waals surface area (Å²) in [6.07, 6.45) is 1.74. The van der Waals surface area contributed by atoms with Gasteiger partial charge in [-0.3, -0.25) is 0 Å². The van der Waals surface area contributed by atoms with Gasteiger partial charge in [-0.15, -0.1) is 11.3 Å². The van der Waals surface area contributed by atoms with E-state index < -0.39 is 24.3 Å². The van der Waals surface area contributed by atoms with Gasteiger partial charge < -0.3 is 14.4 Å². The van der Waals surface area contributed by atoms with E-state index in [0.717, 1.165) is 47.4 Å². The molecule has 0 saturated carbocycles. The normalized spacial score (nSPS) is 11.8. The second-order valence-electron chi connectivity index (χ2n) is 7.78. The van der Waals surface area contributed by atoms with Crippen LogP contribution in [0.2, 0.25) is 0 Å². The van der Waals surface area contributed by atoms with Gasteiger partial charge in [-0.05, 0) is 37.1 Å². The van der Waals surface area contributed by atoms with Crippen LogP contribution in [-0.4, -0.2) is 32.2 Å². The molecule has 0 bridgehead atoms. The van der Waals surface area contributed by atoms with Crippen LogP contribution in [0.1, 0.15) is 35.9 Å². The van der Waals surface area contributed by atoms with Crippen molar-refractivity contribution in [2.24, 2.45) is 0 Å². The number of halogens is 3. The Morgan fingerprint density at radius 3 is 2.65 bits per heavy atom. The highest BCUT2D eigenvalue weighted by Gasteiger charge is 2.30. The van der Waals surface area contributed by atoms with E-state index in [2.05, 4.69) is 11.9 Å². The van der Waals surface area contributed by atoms with Gasteiger partial charge in [0.05, 0.1) is 24.0 Å². The smallest absolute Gasteiger partial charge is 0.416 e. The molecule has 1 N–H and O–H groups in total. The third-order valence-electron chi connectivity index (χ3n) is 5.26. The number of benzene rings is 1. The highest BCUT2D eigenvalue weighted by molar-refractivity contribution is 7.15. The number of unbranched alkanes of at least 4 members (excludes halogenated alkanes) is 1. The standard InChI is InChI=1S/C24H22F3N3O3S/c1-2-3-4-19-20(34-23(29-19)15-5-7-17(8-6-15)24(25,26)27)13-30-10-9-16-11-18(12-28-22(16)30)33-14-21(31)32/h5-12H,2-4,13-14H2,1H3,(H,31,32). The summed E-state index contributed by atoms with van der Waals surface area (Å²) in [5.74, 6) is -0.690. The van der Waals surface area contributed by atoms with Gasteiger partial charge in [0.1, 0.15) is 16.4 Å². The maximum Gasteiger partial charge on any atom is 0.416 e. The van der Waals surface area contributed by atoms with Crippen LogP contribution in [0.25, 0.3) is 21.6 Å². The summed E-state index contributed by atoms with van der Waals surface area (Å²) in [4.78, 5) is 20.9. The molecule has 178 valence electrons. The molecule has 0 aliphatic rings. The Balaban J connectivity index is 1.61. The molecule has 0 unspecified atom stereocenters. The van der Waals surface area contributed by atoms with E-state index in [0.29, 0.717) is 28.5 Å². The van der Waals surface area contributed by atoms with Crippen LogP contribution >= 0.6 is 11.3 Å². The zero-order valence-corrected chi connectivity index (χ0v) is 19.1. The van der Waals surface area contributed by atoms with Crippen molar-refractivity contribution in [2.75, 3.05) is 6.61 Å². The quantitative estimate of drug-likeness (QED) is 0.311. The van der Waals surface area contributed by atoms with Gasteiger partial charge in [0, 0.05) is 22.0 Å². The van der Waals surface area contributed by atoms with Gasteiger partial charge in [0.25, 0.3) is 0 Å². The first-order valence-corrected chi connectivity index (χ1v) is 11.5. The summed E-state index contributed by atoms with van der Waals surface area (Å²) in [7, 11) is 0. The van der Waals surface area contributed by atoms with Crippen LogP contribution in [0, 0.1) is 0 Å². The molecule has 3 aromatic heterocycles. The molecular formula is C24H22F3N3O3S. The minimum atomic E-state index is -4.38. The molecule has 0 atom stereocenters. The van der Waals surface area contributed by atoms with Crippen LogP contribution in [0.15, 0.2) is 48.8 Å². The van der Waals surface area contributed by atoms with Crippen LogP contribution in [0.4, 0.5) is 13.2 Å². The van der Waals surface area contributed by atoms with E-state index in [1.54, 1.807) is 6.07 Å². The molecule has 0 saturated heterocycles. The molecule has 0 spiro atoms. The van der Waals surface area contributed by atoms with Crippen molar-refractivity contribution in [3.05, 3.63) is 64.9 Å². The summed E-state index contributed by atoms with van der Waals surface area (Å²) in [5.41, 5.74) is 1.62. The number of fused-ring (bicyclic) bond motifs is 1. The van der Waals surface area contributed by atoms with Crippen LogP contribution in [-0.2, 0) is 23.9 Å². The monoisotopic (exact) mass is 489 g/mol. The van der Waals surface area contributed by atoms with Crippen LogP contribution < -0.4 is 4.74 Å². The lowest BCUT2D eigenvalue weighted by atomic mass is 10.1. The number of carbonyl (C=O) groups is 1. The number of rotatable bonds is 9. The first-order chi connectivity index (χ1) is 16.2. The number of thiazole rings is 1. The number of hydrogen-bond acceptors (Lipinski definition) is 5. The van der Waals surface area contributed by atoms with Gasteiger partial charge in [0.2, 0.25) is 0 Å². The van der Waals surface area contributed by atoms with Crippen molar-refractivity contribution < 1.29 is 27.8 Å². The van der Waals surface area contributed by atoms with E-state index in [-0.39, 0.29) is 0 Å². The molecule has 1 aromatic carbocycles. The number of carboxylic acids is 1. The molecule has 6 nitrogen and oxygen atoms in total. The fourth-order valence-electron chi connectivity index (χ4n) is 3.54. The van der Waals surface area contributed by atoms with E-state index in [9.17, 15) is 18.0 Å². The summed E-state index contributed by atoms with van der Waals surface area (Å²) in [5, 5.41) is 10.3. The van der Waals surface area contributed by atoms with Crippen molar-refractivity contribution in [3.63, 3.8) is 0 Å². The van der Waals surface area contributed by atoms with Crippen LogP contribution in [0.3, 0.4) is 0 Å². The van der Waals surface area contributed by atoms with E-state index in [1.165, 1.54) is 29.7 Å². The summed E-state index contributed by atoms with van der Waals surface area (Å²) >= 11 is 1.47. The zero-order valence-electron chi connectivity index (χ0n) is 18.3. The number of nitrogens with zero attached hydrogens (tertiary/aromatic N) is 3. The van der Waals surface area contributed by atoms with Gasteiger partial charge >= 0.3 is 12.1 Å². The molecular weight excluding hydrogens is 467 g/mol. The number of aliphatic carboxylic acids is 1. The Bertz CT molecular complexity index is 1300. The summed E-state index contributed by atoms with van der Waals surface area (Å²) < 4.78 is 45.9. The minimum Gasteiger partial charge on any atom is -0.480 e. The van der Waals surface area contributed by atoms with Gasteiger partial charge in [-0.2, -0.15) is 13.2 Å². The Labute approximate surface area is 197 Å². The lowest BCUT2D eigenvalue weighted by Crippen LogP contribution is -2.09. The Morgan fingerprint density at radius 1 is 1.21 bits per heavy atom. The molecule has 4 aromatic rings. The number of alkyl halides is 3. The highest BCUT2D eigenvalue weighted by atomic mass is 32.1. The maximum atomic E-state index is 12.9. The third-order valence-corrected chi connectivity index (χ3v) is 6.39. The SMILES string of the molecule is CCCCc1nc(-c2ccc(C(F)(F)F)cc2)sc1Cn1ccc2cc(OCC(=O)O)cnc21. The molecule has 4 rings (SSSR count). The number of carboxylic acid groups (broad SMARTS) is 1. The lowest BCUT2D eigenvalue weighted by Gasteiger charge is -2.06. The maximum absolute atomic E-state index is 12.9. The first kappa shape index (κ1) is 23.7. The van der Waals surface area contributed by atoms with Gasteiger partial charge in [-0.1, -0.05) is 25.5 Å². The zero-order chi connectivity index (χ0) is 24.3. The number of aryl methyl sites for hydroxylation is 1. The van der Waals surface area contributed by atoms with Gasteiger partial charge in [-0.25, -0.2) is 14.8 Å². The fourth-order valence-corrected chi connectivity index (χ4v) is 4.65.